The lowest BCUT2D eigenvalue weighted by Gasteiger charge is -2.27. The van der Waals surface area contributed by atoms with Gasteiger partial charge in [-0.05, 0) is 19.1 Å². The van der Waals surface area contributed by atoms with E-state index in [1.807, 2.05) is 30.3 Å². The number of rotatable bonds is 5. The fourth-order valence-electron chi connectivity index (χ4n) is 1.30. The number of amides is 1. The van der Waals surface area contributed by atoms with Crippen LogP contribution in [-0.2, 0) is 9.53 Å². The lowest BCUT2D eigenvalue weighted by Crippen LogP contribution is -2.51. The molecule has 0 radical (unpaired) electrons. The molecule has 0 aliphatic rings. The second kappa shape index (κ2) is 4.79. The smallest absolute Gasteiger partial charge is 0.245 e. The Kier molecular flexibility index (Phi) is 3.68. The van der Waals surface area contributed by atoms with Gasteiger partial charge in [0.05, 0.1) is 6.61 Å². The van der Waals surface area contributed by atoms with Crippen LogP contribution < -0.4 is 11.1 Å². The molecule has 0 saturated heterocycles. The first kappa shape index (κ1) is 11.5. The van der Waals surface area contributed by atoms with E-state index in [0.29, 0.717) is 0 Å². The maximum atomic E-state index is 11.3. The summed E-state index contributed by atoms with van der Waals surface area (Å²) in [5, 5.41) is 3.06. The van der Waals surface area contributed by atoms with Crippen LogP contribution in [0, 0.1) is 0 Å². The lowest BCUT2D eigenvalue weighted by molar-refractivity contribution is -0.123. The van der Waals surface area contributed by atoms with E-state index in [9.17, 15) is 4.79 Å². The lowest BCUT2D eigenvalue weighted by atomic mass is 10.0. The molecule has 0 aliphatic heterocycles. The standard InChI is InChI=1S/C11H16N2O2/c1-11(8-15-2,10(12)14)13-9-6-4-3-5-7-9/h3-7,13H,8H2,1-2H3,(H2,12,14). The molecule has 1 aromatic rings. The normalized spacial score (nSPS) is 14.3. The minimum atomic E-state index is -0.879. The number of primary amides is 1. The predicted octanol–water partition coefficient (Wildman–Crippen LogP) is 0.989. The molecule has 1 unspecified atom stereocenters. The van der Waals surface area contributed by atoms with Gasteiger partial charge in [0.2, 0.25) is 5.91 Å². The molecule has 0 aromatic heterocycles. The zero-order chi connectivity index (χ0) is 11.3. The van der Waals surface area contributed by atoms with Crippen LogP contribution in [0.5, 0.6) is 0 Å². The van der Waals surface area contributed by atoms with Crippen molar-refractivity contribution in [3.8, 4) is 0 Å². The second-order valence-electron chi connectivity index (χ2n) is 3.62. The number of nitrogens with two attached hydrogens (primary N) is 1. The van der Waals surface area contributed by atoms with E-state index in [2.05, 4.69) is 5.32 Å². The van der Waals surface area contributed by atoms with E-state index in [1.54, 1.807) is 6.92 Å². The van der Waals surface area contributed by atoms with Crippen molar-refractivity contribution in [2.75, 3.05) is 19.0 Å². The van der Waals surface area contributed by atoms with Crippen molar-refractivity contribution in [1.82, 2.24) is 0 Å². The molecule has 1 aromatic carbocycles. The highest BCUT2D eigenvalue weighted by molar-refractivity contribution is 5.87. The molecule has 0 spiro atoms. The minimum absolute atomic E-state index is 0.233. The van der Waals surface area contributed by atoms with E-state index in [1.165, 1.54) is 7.11 Å². The average molecular weight is 208 g/mol. The average Bonchev–Trinajstić information content (AvgIpc) is 2.19. The van der Waals surface area contributed by atoms with Crippen molar-refractivity contribution in [1.29, 1.82) is 0 Å². The Morgan fingerprint density at radius 3 is 2.53 bits per heavy atom. The van der Waals surface area contributed by atoms with E-state index in [-0.39, 0.29) is 6.61 Å². The fourth-order valence-corrected chi connectivity index (χ4v) is 1.30. The van der Waals surface area contributed by atoms with Crippen LogP contribution in [0.4, 0.5) is 5.69 Å². The number of methoxy groups -OCH3 is 1. The van der Waals surface area contributed by atoms with E-state index in [4.69, 9.17) is 10.5 Å². The van der Waals surface area contributed by atoms with Crippen molar-refractivity contribution in [3.05, 3.63) is 30.3 Å². The van der Waals surface area contributed by atoms with Gasteiger partial charge in [0.1, 0.15) is 5.54 Å². The van der Waals surface area contributed by atoms with Crippen LogP contribution >= 0.6 is 0 Å². The van der Waals surface area contributed by atoms with E-state index >= 15 is 0 Å². The highest BCUT2D eigenvalue weighted by atomic mass is 16.5. The number of hydrogen-bond donors (Lipinski definition) is 2. The van der Waals surface area contributed by atoms with Gasteiger partial charge in [-0.3, -0.25) is 4.79 Å². The highest BCUT2D eigenvalue weighted by Crippen LogP contribution is 2.14. The maximum absolute atomic E-state index is 11.3. The fraction of sp³-hybridized carbons (Fsp3) is 0.364. The van der Waals surface area contributed by atoms with Crippen LogP contribution in [0.15, 0.2) is 30.3 Å². The summed E-state index contributed by atoms with van der Waals surface area (Å²) < 4.78 is 4.98. The third-order valence-corrected chi connectivity index (χ3v) is 2.17. The first-order valence-corrected chi connectivity index (χ1v) is 4.70. The molecule has 82 valence electrons. The zero-order valence-electron chi connectivity index (χ0n) is 8.99. The Balaban J connectivity index is 2.80. The molecule has 0 bridgehead atoms. The van der Waals surface area contributed by atoms with Gasteiger partial charge in [0.25, 0.3) is 0 Å². The van der Waals surface area contributed by atoms with E-state index < -0.39 is 11.4 Å². The first-order valence-electron chi connectivity index (χ1n) is 4.70. The topological polar surface area (TPSA) is 64.3 Å². The largest absolute Gasteiger partial charge is 0.382 e. The third kappa shape index (κ3) is 2.95. The number of nitrogens with one attached hydrogen (secondary N) is 1. The molecule has 15 heavy (non-hydrogen) atoms. The summed E-state index contributed by atoms with van der Waals surface area (Å²) in [6.07, 6.45) is 0. The Morgan fingerprint density at radius 2 is 2.07 bits per heavy atom. The van der Waals surface area contributed by atoms with Gasteiger partial charge in [-0.1, -0.05) is 18.2 Å². The monoisotopic (exact) mass is 208 g/mol. The molecule has 0 heterocycles. The van der Waals surface area contributed by atoms with Gasteiger partial charge in [-0.15, -0.1) is 0 Å². The SMILES string of the molecule is COCC(C)(Nc1ccccc1)C(N)=O. The Morgan fingerprint density at radius 1 is 1.47 bits per heavy atom. The summed E-state index contributed by atoms with van der Waals surface area (Å²) in [5.74, 6) is -0.437. The number of carbonyl (C=O) groups is 1. The number of para-hydroxylation sites is 1. The van der Waals surface area contributed by atoms with Gasteiger partial charge in [-0.25, -0.2) is 0 Å². The molecule has 1 amide bonds. The summed E-state index contributed by atoms with van der Waals surface area (Å²) in [7, 11) is 1.54. The van der Waals surface area contributed by atoms with Crippen molar-refractivity contribution >= 4 is 11.6 Å². The van der Waals surface area contributed by atoms with Crippen molar-refractivity contribution < 1.29 is 9.53 Å². The number of hydrogen-bond acceptors (Lipinski definition) is 3. The summed E-state index contributed by atoms with van der Waals surface area (Å²) in [6.45, 7) is 1.95. The van der Waals surface area contributed by atoms with Crippen molar-refractivity contribution in [2.45, 2.75) is 12.5 Å². The summed E-state index contributed by atoms with van der Waals surface area (Å²) >= 11 is 0. The molecule has 1 atom stereocenters. The molecular weight excluding hydrogens is 192 g/mol. The van der Waals surface area contributed by atoms with E-state index in [0.717, 1.165) is 5.69 Å². The molecule has 4 nitrogen and oxygen atoms in total. The highest BCUT2D eigenvalue weighted by Gasteiger charge is 2.30. The maximum Gasteiger partial charge on any atom is 0.245 e. The second-order valence-corrected chi connectivity index (χ2v) is 3.62. The van der Waals surface area contributed by atoms with Crippen LogP contribution in [0.2, 0.25) is 0 Å². The van der Waals surface area contributed by atoms with Gasteiger partial charge in [-0.2, -0.15) is 0 Å². The minimum Gasteiger partial charge on any atom is -0.382 e. The molecule has 0 aliphatic carbocycles. The predicted molar refractivity (Wildman–Crippen MR) is 59.5 cm³/mol. The van der Waals surface area contributed by atoms with Gasteiger partial charge in [0.15, 0.2) is 0 Å². The molecular formula is C11H16N2O2. The molecule has 3 N–H and O–H groups in total. The summed E-state index contributed by atoms with van der Waals surface area (Å²) in [6, 6.07) is 9.42. The number of carbonyl (C=O) groups excluding carboxylic acids is 1. The summed E-state index contributed by atoms with van der Waals surface area (Å²) in [4.78, 5) is 11.3. The third-order valence-electron chi connectivity index (χ3n) is 2.17. The summed E-state index contributed by atoms with van der Waals surface area (Å²) in [5.41, 5.74) is 5.29. The van der Waals surface area contributed by atoms with Crippen LogP contribution in [0.3, 0.4) is 0 Å². The quantitative estimate of drug-likeness (QED) is 0.758. The Bertz CT molecular complexity index is 327. The Hall–Kier alpha value is -1.55. The number of ether oxygens (including phenoxy) is 1. The molecule has 1 rings (SSSR count). The van der Waals surface area contributed by atoms with Gasteiger partial charge >= 0.3 is 0 Å². The van der Waals surface area contributed by atoms with Crippen LogP contribution in [0.25, 0.3) is 0 Å². The van der Waals surface area contributed by atoms with Crippen LogP contribution in [0.1, 0.15) is 6.92 Å². The van der Waals surface area contributed by atoms with Crippen LogP contribution in [-0.4, -0.2) is 25.2 Å². The molecule has 0 fully saturated rings. The molecule has 4 heteroatoms. The van der Waals surface area contributed by atoms with Gasteiger partial charge in [0, 0.05) is 12.8 Å². The zero-order valence-corrected chi connectivity index (χ0v) is 8.99. The number of benzene rings is 1. The Labute approximate surface area is 89.4 Å². The first-order chi connectivity index (χ1) is 7.08. The van der Waals surface area contributed by atoms with Crippen molar-refractivity contribution in [3.63, 3.8) is 0 Å². The van der Waals surface area contributed by atoms with Crippen molar-refractivity contribution in [2.24, 2.45) is 5.73 Å². The molecule has 0 saturated carbocycles. The number of anilines is 1. The van der Waals surface area contributed by atoms with Gasteiger partial charge < -0.3 is 15.8 Å².